The molecule has 0 bridgehead atoms. The van der Waals surface area contributed by atoms with Gasteiger partial charge in [-0.3, -0.25) is 14.4 Å². The smallest absolute Gasteiger partial charge is 0.174 e. The molecule has 0 saturated heterocycles. The normalized spacial score (nSPS) is 18.8. The van der Waals surface area contributed by atoms with Crippen LogP contribution in [0.3, 0.4) is 0 Å². The van der Waals surface area contributed by atoms with Gasteiger partial charge in [0.15, 0.2) is 5.78 Å². The maximum atomic E-state index is 11.8. The van der Waals surface area contributed by atoms with Gasteiger partial charge in [-0.2, -0.15) is 0 Å². The van der Waals surface area contributed by atoms with Crippen molar-refractivity contribution in [2.45, 2.75) is 44.7 Å². The van der Waals surface area contributed by atoms with Crippen molar-refractivity contribution in [1.82, 2.24) is 0 Å². The Hall–Kier alpha value is -1.19. The van der Waals surface area contributed by atoms with E-state index in [0.717, 1.165) is 13.8 Å². The molecule has 5 N–H and O–H groups in total. The maximum absolute atomic E-state index is 11.8. The van der Waals surface area contributed by atoms with E-state index in [2.05, 4.69) is 0 Å². The van der Waals surface area contributed by atoms with Gasteiger partial charge in [-0.15, -0.1) is 0 Å². The van der Waals surface area contributed by atoms with Crippen molar-refractivity contribution in [2.75, 3.05) is 6.61 Å². The van der Waals surface area contributed by atoms with Crippen LogP contribution < -0.4 is 0 Å². The second-order valence-corrected chi connectivity index (χ2v) is 4.65. The molecule has 0 amide bonds. The van der Waals surface area contributed by atoms with Crippen LogP contribution in [0.15, 0.2) is 0 Å². The number of carbonyl (C=O) groups is 3. The summed E-state index contributed by atoms with van der Waals surface area (Å²) in [6.07, 6.45) is -8.38. The fourth-order valence-electron chi connectivity index (χ4n) is 1.63. The highest BCUT2D eigenvalue weighted by Gasteiger charge is 2.38. The van der Waals surface area contributed by atoms with Gasteiger partial charge in [-0.25, -0.2) is 0 Å². The molecule has 1 unspecified atom stereocenters. The van der Waals surface area contributed by atoms with Crippen LogP contribution in [0.2, 0.25) is 0 Å². The molecule has 0 aromatic carbocycles. The van der Waals surface area contributed by atoms with E-state index in [9.17, 15) is 29.7 Å². The van der Waals surface area contributed by atoms with Crippen LogP contribution in [-0.2, 0) is 14.4 Å². The van der Waals surface area contributed by atoms with Gasteiger partial charge in [0.2, 0.25) is 0 Å². The molecule has 0 aliphatic rings. The number of hydrogen-bond acceptors (Lipinski definition) is 8. The average molecular weight is 292 g/mol. The highest BCUT2D eigenvalue weighted by molar-refractivity contribution is 6.06. The molecule has 5 atom stereocenters. The van der Waals surface area contributed by atoms with Crippen molar-refractivity contribution < 1.29 is 39.9 Å². The van der Waals surface area contributed by atoms with E-state index < -0.39 is 60.7 Å². The number of Topliss-reactive ketones (excluding diaryl/α,β-unsaturated/α-hetero) is 3. The molecule has 0 rings (SSSR count). The molecule has 8 heteroatoms. The van der Waals surface area contributed by atoms with Crippen molar-refractivity contribution in [3.8, 4) is 0 Å². The van der Waals surface area contributed by atoms with Crippen molar-refractivity contribution in [1.29, 1.82) is 0 Å². The van der Waals surface area contributed by atoms with Gasteiger partial charge >= 0.3 is 0 Å². The number of rotatable bonds is 9. The molecule has 8 nitrogen and oxygen atoms in total. The number of carbonyl (C=O) groups excluding carboxylic acids is 3. The van der Waals surface area contributed by atoms with E-state index in [0.29, 0.717) is 0 Å². The Morgan fingerprint density at radius 3 is 1.80 bits per heavy atom. The minimum absolute atomic E-state index is 0.420. The Morgan fingerprint density at radius 1 is 0.950 bits per heavy atom. The van der Waals surface area contributed by atoms with E-state index in [1.165, 1.54) is 0 Å². The Labute approximate surface area is 115 Å². The van der Waals surface area contributed by atoms with Crippen LogP contribution in [0.5, 0.6) is 0 Å². The second-order valence-electron chi connectivity index (χ2n) is 4.65. The van der Waals surface area contributed by atoms with Gasteiger partial charge in [0.1, 0.15) is 36.0 Å². The molecule has 0 heterocycles. The van der Waals surface area contributed by atoms with Gasteiger partial charge < -0.3 is 25.5 Å². The molecule has 0 spiro atoms. The summed E-state index contributed by atoms with van der Waals surface area (Å²) in [4.78, 5) is 34.1. The molecule has 0 fully saturated rings. The third-order valence-electron chi connectivity index (χ3n) is 2.87. The van der Waals surface area contributed by atoms with E-state index in [4.69, 9.17) is 10.2 Å². The van der Waals surface area contributed by atoms with Crippen molar-refractivity contribution in [3.05, 3.63) is 0 Å². The molecular weight excluding hydrogens is 272 g/mol. The molecule has 0 saturated carbocycles. The van der Waals surface area contributed by atoms with Gasteiger partial charge in [-0.1, -0.05) is 0 Å². The number of aliphatic hydroxyl groups excluding tert-OH is 5. The summed E-state index contributed by atoms with van der Waals surface area (Å²) in [6.45, 7) is 1.34. The fraction of sp³-hybridized carbons (Fsp3) is 0.750. The number of aliphatic hydroxyl groups is 5. The van der Waals surface area contributed by atoms with Gasteiger partial charge in [0.05, 0.1) is 12.5 Å². The fourth-order valence-corrected chi connectivity index (χ4v) is 1.63. The summed E-state index contributed by atoms with van der Waals surface area (Å²) in [5.74, 6) is -3.65. The van der Waals surface area contributed by atoms with Gasteiger partial charge in [0.25, 0.3) is 0 Å². The lowest BCUT2D eigenvalue weighted by atomic mass is 9.87. The number of ketones is 3. The first kappa shape index (κ1) is 18.8. The third kappa shape index (κ3) is 5.06. The van der Waals surface area contributed by atoms with E-state index in [1.54, 1.807) is 0 Å². The minimum Gasteiger partial charge on any atom is -0.394 e. The molecule has 116 valence electrons. The average Bonchev–Trinajstić information content (AvgIpc) is 2.39. The molecule has 0 aliphatic heterocycles. The highest BCUT2D eigenvalue weighted by Crippen LogP contribution is 2.14. The largest absolute Gasteiger partial charge is 0.394 e. The van der Waals surface area contributed by atoms with Crippen LogP contribution in [0.1, 0.15) is 20.3 Å². The second kappa shape index (κ2) is 8.18. The van der Waals surface area contributed by atoms with Gasteiger partial charge in [0, 0.05) is 6.42 Å². The lowest BCUT2D eigenvalue weighted by molar-refractivity contribution is -0.153. The summed E-state index contributed by atoms with van der Waals surface area (Å²) in [6, 6.07) is 0. The van der Waals surface area contributed by atoms with Crippen LogP contribution in [0.25, 0.3) is 0 Å². The quantitative estimate of drug-likeness (QED) is 0.285. The highest BCUT2D eigenvalue weighted by atomic mass is 16.4. The van der Waals surface area contributed by atoms with E-state index in [-0.39, 0.29) is 0 Å². The van der Waals surface area contributed by atoms with Crippen LogP contribution in [-0.4, -0.2) is 73.9 Å². The minimum atomic E-state index is -2.15. The summed E-state index contributed by atoms with van der Waals surface area (Å²) < 4.78 is 0. The lowest BCUT2D eigenvalue weighted by Gasteiger charge is -2.26. The first-order valence-corrected chi connectivity index (χ1v) is 6.00. The molecule has 0 aromatic heterocycles. The topological polar surface area (TPSA) is 152 Å². The summed E-state index contributed by atoms with van der Waals surface area (Å²) in [5.41, 5.74) is 0. The molecular formula is C12H20O8. The molecule has 0 radical (unpaired) electrons. The predicted octanol–water partition coefficient (Wildman–Crippen LogP) is -2.82. The Bertz CT molecular complexity index is 366. The van der Waals surface area contributed by atoms with Crippen molar-refractivity contribution in [2.24, 2.45) is 5.92 Å². The zero-order valence-corrected chi connectivity index (χ0v) is 11.3. The molecule has 0 aliphatic carbocycles. The Kier molecular flexibility index (Phi) is 7.69. The van der Waals surface area contributed by atoms with Crippen molar-refractivity contribution >= 4 is 17.3 Å². The summed E-state index contributed by atoms with van der Waals surface area (Å²) in [5, 5.41) is 46.3. The number of hydrogen-bond donors (Lipinski definition) is 5. The molecule has 20 heavy (non-hydrogen) atoms. The van der Waals surface area contributed by atoms with Crippen molar-refractivity contribution in [3.63, 3.8) is 0 Å². The van der Waals surface area contributed by atoms with Crippen LogP contribution >= 0.6 is 0 Å². The van der Waals surface area contributed by atoms with Crippen LogP contribution in [0.4, 0.5) is 0 Å². The Balaban J connectivity index is 4.96. The lowest BCUT2D eigenvalue weighted by Crippen LogP contribution is -2.50. The Morgan fingerprint density at radius 2 is 1.45 bits per heavy atom. The summed E-state index contributed by atoms with van der Waals surface area (Å²) in [7, 11) is 0. The monoisotopic (exact) mass is 292 g/mol. The van der Waals surface area contributed by atoms with E-state index in [1.807, 2.05) is 0 Å². The zero-order valence-electron chi connectivity index (χ0n) is 11.3. The first-order valence-electron chi connectivity index (χ1n) is 6.00. The van der Waals surface area contributed by atoms with E-state index >= 15 is 0 Å². The van der Waals surface area contributed by atoms with Gasteiger partial charge in [-0.05, 0) is 13.8 Å². The molecule has 0 aromatic rings. The third-order valence-corrected chi connectivity index (χ3v) is 2.87. The summed E-state index contributed by atoms with van der Waals surface area (Å²) >= 11 is 0. The standard InChI is InChI=1S/C12H20O8/c1-5(14)3-7(6(2)15)9(17)11(19)12(20)10(18)8(16)4-13/h7-8,10-13,16,18-20H,3-4H2,1-2H3/t7?,8-,10-,11+,12+/m1/s1. The zero-order chi connectivity index (χ0) is 16.0. The predicted molar refractivity (Wildman–Crippen MR) is 65.6 cm³/mol. The SMILES string of the molecule is CC(=O)CC(C(C)=O)C(=O)[C@H](O)[C@@H](O)[C@H](O)[C@H](O)CO. The van der Waals surface area contributed by atoms with Crippen LogP contribution in [0, 0.1) is 5.92 Å². The first-order chi connectivity index (χ1) is 9.13. The maximum Gasteiger partial charge on any atom is 0.174 e.